The van der Waals surface area contributed by atoms with Gasteiger partial charge in [-0.2, -0.15) is 0 Å². The van der Waals surface area contributed by atoms with E-state index in [-0.39, 0.29) is 0 Å². The smallest absolute Gasteiger partial charge is 0.0147 e. The highest BCUT2D eigenvalue weighted by Gasteiger charge is 2.22. The van der Waals surface area contributed by atoms with Crippen molar-refractivity contribution in [1.29, 1.82) is 0 Å². The Hall–Kier alpha value is -6.20. The van der Waals surface area contributed by atoms with E-state index in [1.807, 2.05) is 0 Å². The van der Waals surface area contributed by atoms with Crippen molar-refractivity contribution < 1.29 is 0 Å². The Kier molecular flexibility index (Phi) is 6.26. The van der Waals surface area contributed by atoms with Crippen LogP contribution in [0.15, 0.2) is 188 Å². The van der Waals surface area contributed by atoms with E-state index in [0.29, 0.717) is 0 Å². The maximum Gasteiger partial charge on any atom is 0.0147 e. The average Bonchev–Trinajstić information content (AvgIpc) is 3.52. The quantitative estimate of drug-likeness (QED) is 0.165. The van der Waals surface area contributed by atoms with Crippen LogP contribution >= 0.6 is 7.53 Å². The summed E-state index contributed by atoms with van der Waals surface area (Å²) in [5.74, 6) is 0. The van der Waals surface area contributed by atoms with Gasteiger partial charge in [0, 0.05) is 10.2 Å². The molecule has 0 N–H and O–H groups in total. The molecule has 0 spiro atoms. The van der Waals surface area contributed by atoms with Gasteiger partial charge < -0.3 is 0 Å². The Bertz CT molecular complexity index is 3180. The van der Waals surface area contributed by atoms with Crippen molar-refractivity contribution >= 4 is 82.4 Å². The Morgan fingerprint density at radius 2 is 0.765 bits per heavy atom. The normalized spacial score (nSPS) is 12.3. The maximum absolute atomic E-state index is 2.58. The molecular formula is C50H31P. The summed E-state index contributed by atoms with van der Waals surface area (Å²) in [6, 6.07) is 70.5. The van der Waals surface area contributed by atoms with Crippen LogP contribution in [-0.4, -0.2) is 0 Å². The van der Waals surface area contributed by atoms with Crippen molar-refractivity contribution in [3.05, 3.63) is 188 Å². The van der Waals surface area contributed by atoms with Gasteiger partial charge in [-0.3, -0.25) is 0 Å². The van der Waals surface area contributed by atoms with Gasteiger partial charge in [0.15, 0.2) is 0 Å². The molecule has 236 valence electrons. The summed E-state index contributed by atoms with van der Waals surface area (Å²) in [4.78, 5) is 0. The number of fused-ring (bicyclic) bond motifs is 9. The summed E-state index contributed by atoms with van der Waals surface area (Å²) in [6.45, 7) is 0. The van der Waals surface area contributed by atoms with E-state index < -0.39 is 7.53 Å². The van der Waals surface area contributed by atoms with E-state index in [2.05, 4.69) is 188 Å². The second-order valence-electron chi connectivity index (χ2n) is 13.7. The fraction of sp³-hybridized carbons (Fsp3) is 0. The first-order valence-electron chi connectivity index (χ1n) is 17.7. The molecule has 0 bridgehead atoms. The van der Waals surface area contributed by atoms with Crippen LogP contribution < -0.4 is 0 Å². The molecule has 1 unspecified atom stereocenters. The minimum absolute atomic E-state index is 0.785. The van der Waals surface area contributed by atoms with Crippen LogP contribution in [0.4, 0.5) is 0 Å². The molecule has 0 radical (unpaired) electrons. The molecule has 0 aliphatic rings. The molecule has 1 heteroatoms. The molecular weight excluding hydrogens is 632 g/mol. The van der Waals surface area contributed by atoms with E-state index >= 15 is 0 Å². The van der Waals surface area contributed by atoms with E-state index in [1.54, 1.807) is 0 Å². The van der Waals surface area contributed by atoms with Crippen LogP contribution in [0.3, 0.4) is 0 Å². The maximum atomic E-state index is 2.58. The number of hydrogen-bond donors (Lipinski definition) is 0. The molecule has 51 heavy (non-hydrogen) atoms. The van der Waals surface area contributed by atoms with E-state index in [9.17, 15) is 0 Å². The first-order valence-corrected chi connectivity index (χ1v) is 19.0. The van der Waals surface area contributed by atoms with Crippen LogP contribution in [0, 0.1) is 0 Å². The van der Waals surface area contributed by atoms with Crippen LogP contribution in [0.25, 0.3) is 102 Å². The van der Waals surface area contributed by atoms with Crippen LogP contribution in [0.5, 0.6) is 0 Å². The summed E-state index contributed by atoms with van der Waals surface area (Å²) in [5, 5.41) is 19.9. The number of rotatable bonds is 3. The third-order valence-corrected chi connectivity index (χ3v) is 13.5. The lowest BCUT2D eigenvalue weighted by atomic mass is 9.84. The minimum atomic E-state index is -0.785. The van der Waals surface area contributed by atoms with Crippen molar-refractivity contribution in [1.82, 2.24) is 0 Å². The average molecular weight is 663 g/mol. The fourth-order valence-corrected chi connectivity index (χ4v) is 11.4. The van der Waals surface area contributed by atoms with Crippen LogP contribution in [0.2, 0.25) is 0 Å². The fourth-order valence-electron chi connectivity index (χ4n) is 8.60. The highest BCUT2D eigenvalue weighted by molar-refractivity contribution is 7.68. The topological polar surface area (TPSA) is 0 Å². The predicted molar refractivity (Wildman–Crippen MR) is 224 cm³/mol. The highest BCUT2D eigenvalue weighted by atomic mass is 31.1. The molecule has 0 aliphatic heterocycles. The molecule has 11 rings (SSSR count). The predicted octanol–water partition coefficient (Wildman–Crippen LogP) is 15.1. The second-order valence-corrected chi connectivity index (χ2v) is 15.8. The van der Waals surface area contributed by atoms with Crippen LogP contribution in [-0.2, 0) is 0 Å². The Balaban J connectivity index is 1.37. The monoisotopic (exact) mass is 662 g/mol. The lowest BCUT2D eigenvalue weighted by Crippen LogP contribution is -1.91. The standard InChI is InChI=1S/C50H31P/c1-2-17-39(18-3-1)51-47-31-46-45(30-44(47)43-27-26-34-14-8-9-19-40(34)50(43)51)48(37-24-22-32-12-4-6-15-35(32)28-37)41-20-10-11-21-42(41)49(46)38-25-23-33-13-5-7-16-36(33)29-38/h1-31H. The van der Waals surface area contributed by atoms with Gasteiger partial charge in [0.25, 0.3) is 0 Å². The Morgan fingerprint density at radius 1 is 0.275 bits per heavy atom. The summed E-state index contributed by atoms with van der Waals surface area (Å²) < 4.78 is 0. The molecule has 11 aromatic rings. The van der Waals surface area contributed by atoms with Crippen molar-refractivity contribution in [2.24, 2.45) is 0 Å². The first kappa shape index (κ1) is 28.6. The van der Waals surface area contributed by atoms with Gasteiger partial charge >= 0.3 is 0 Å². The van der Waals surface area contributed by atoms with Gasteiger partial charge in [0.2, 0.25) is 0 Å². The highest BCUT2D eigenvalue weighted by Crippen LogP contribution is 2.59. The molecule has 10 aromatic carbocycles. The molecule has 0 saturated carbocycles. The van der Waals surface area contributed by atoms with Crippen molar-refractivity contribution in [2.75, 3.05) is 0 Å². The summed E-state index contributed by atoms with van der Waals surface area (Å²) >= 11 is 0. The molecule has 0 saturated heterocycles. The van der Waals surface area contributed by atoms with Gasteiger partial charge in [0.05, 0.1) is 0 Å². The van der Waals surface area contributed by atoms with Gasteiger partial charge in [0.1, 0.15) is 0 Å². The number of hydrogen-bond acceptors (Lipinski definition) is 0. The molecule has 1 heterocycles. The number of benzene rings is 10. The summed E-state index contributed by atoms with van der Waals surface area (Å²) in [5.41, 5.74) is 5.12. The Morgan fingerprint density at radius 3 is 1.39 bits per heavy atom. The lowest BCUT2D eigenvalue weighted by Gasteiger charge is -2.19. The molecule has 0 fully saturated rings. The van der Waals surface area contributed by atoms with Gasteiger partial charge in [-0.1, -0.05) is 171 Å². The zero-order valence-electron chi connectivity index (χ0n) is 27.8. The van der Waals surface area contributed by atoms with Gasteiger partial charge in [-0.25, -0.2) is 0 Å². The van der Waals surface area contributed by atoms with Gasteiger partial charge in [-0.15, -0.1) is 0 Å². The van der Waals surface area contributed by atoms with E-state index in [4.69, 9.17) is 0 Å². The lowest BCUT2D eigenvalue weighted by molar-refractivity contribution is 1.69. The first-order chi connectivity index (χ1) is 25.3. The van der Waals surface area contributed by atoms with E-state index in [1.165, 1.54) is 102 Å². The minimum Gasteiger partial charge on any atom is -0.0766 e. The third-order valence-electron chi connectivity index (χ3n) is 10.9. The molecule has 1 aromatic heterocycles. The van der Waals surface area contributed by atoms with Crippen molar-refractivity contribution in [3.63, 3.8) is 0 Å². The zero-order chi connectivity index (χ0) is 33.5. The Labute approximate surface area is 296 Å². The largest absolute Gasteiger partial charge is 0.0766 e. The zero-order valence-corrected chi connectivity index (χ0v) is 28.7. The van der Waals surface area contributed by atoms with Crippen LogP contribution in [0.1, 0.15) is 0 Å². The SMILES string of the molecule is c1ccc(-p2c3cc4c(-c5ccc6ccccc6c5)c5ccccc5c(-c5ccc6ccccc6c5)c4cc3c3ccc4ccccc4c32)cc1. The molecule has 1 atom stereocenters. The second kappa shape index (κ2) is 11.2. The van der Waals surface area contributed by atoms with Crippen molar-refractivity contribution in [3.8, 4) is 27.6 Å². The van der Waals surface area contributed by atoms with E-state index in [0.717, 1.165) is 0 Å². The molecule has 0 amide bonds. The van der Waals surface area contributed by atoms with Crippen molar-refractivity contribution in [2.45, 2.75) is 0 Å². The molecule has 0 aliphatic carbocycles. The summed E-state index contributed by atoms with van der Waals surface area (Å²) in [6.07, 6.45) is 0. The summed E-state index contributed by atoms with van der Waals surface area (Å²) in [7, 11) is -0.785. The third kappa shape index (κ3) is 4.34. The molecule has 0 nitrogen and oxygen atoms in total. The van der Waals surface area contributed by atoms with Gasteiger partial charge in [-0.05, 0) is 116 Å².